The lowest BCUT2D eigenvalue weighted by molar-refractivity contribution is -0.117. The number of nitrogens with one attached hydrogen (secondary N) is 1. The SMILES string of the molecule is Cc1nc2cc(NC(=O)[C@@H]3CC3(Cl)Cl)ccc2o1. The van der Waals surface area contributed by atoms with Gasteiger partial charge in [-0.15, -0.1) is 23.2 Å². The highest BCUT2D eigenvalue weighted by Gasteiger charge is 2.56. The van der Waals surface area contributed by atoms with Crippen LogP contribution in [0.5, 0.6) is 0 Å². The van der Waals surface area contributed by atoms with E-state index in [1.165, 1.54) is 0 Å². The van der Waals surface area contributed by atoms with Gasteiger partial charge in [-0.2, -0.15) is 0 Å². The summed E-state index contributed by atoms with van der Waals surface area (Å²) in [5.74, 6) is 0.0892. The fourth-order valence-corrected chi connectivity index (χ4v) is 2.35. The molecule has 1 aromatic heterocycles. The molecular formula is C12H10Cl2N2O2. The summed E-state index contributed by atoms with van der Waals surface area (Å²) in [5.41, 5.74) is 2.07. The number of halogens is 2. The van der Waals surface area contributed by atoms with Crippen LogP contribution >= 0.6 is 23.2 Å². The van der Waals surface area contributed by atoms with Crippen LogP contribution in [0.25, 0.3) is 11.1 Å². The Labute approximate surface area is 113 Å². The smallest absolute Gasteiger partial charge is 0.230 e. The first-order valence-electron chi connectivity index (χ1n) is 5.51. The topological polar surface area (TPSA) is 55.1 Å². The molecule has 1 amide bonds. The Morgan fingerprint density at radius 1 is 1.56 bits per heavy atom. The van der Waals surface area contributed by atoms with Gasteiger partial charge in [0.2, 0.25) is 5.91 Å². The Morgan fingerprint density at radius 3 is 2.94 bits per heavy atom. The van der Waals surface area contributed by atoms with Crippen LogP contribution in [0.2, 0.25) is 0 Å². The van der Waals surface area contributed by atoms with Gasteiger partial charge in [0.25, 0.3) is 0 Å². The minimum atomic E-state index is -0.904. The van der Waals surface area contributed by atoms with Crippen molar-refractivity contribution >= 4 is 45.9 Å². The van der Waals surface area contributed by atoms with Crippen molar-refractivity contribution in [2.75, 3.05) is 5.32 Å². The number of hydrogen-bond donors (Lipinski definition) is 1. The number of oxazole rings is 1. The number of hydrogen-bond acceptors (Lipinski definition) is 3. The number of anilines is 1. The van der Waals surface area contributed by atoms with Crippen LogP contribution in [0.1, 0.15) is 12.3 Å². The molecule has 1 N–H and O–H groups in total. The first-order valence-corrected chi connectivity index (χ1v) is 6.27. The third-order valence-corrected chi connectivity index (χ3v) is 3.74. The van der Waals surface area contributed by atoms with Crippen molar-refractivity contribution in [3.8, 4) is 0 Å². The van der Waals surface area contributed by atoms with E-state index in [-0.39, 0.29) is 11.8 Å². The first-order chi connectivity index (χ1) is 8.45. The minimum Gasteiger partial charge on any atom is -0.441 e. The van der Waals surface area contributed by atoms with Gasteiger partial charge >= 0.3 is 0 Å². The first kappa shape index (κ1) is 11.8. The highest BCUT2D eigenvalue weighted by Crippen LogP contribution is 2.53. The van der Waals surface area contributed by atoms with E-state index in [9.17, 15) is 4.79 Å². The number of aryl methyl sites for hydroxylation is 1. The highest BCUT2D eigenvalue weighted by molar-refractivity contribution is 6.52. The van der Waals surface area contributed by atoms with Crippen molar-refractivity contribution in [3.63, 3.8) is 0 Å². The number of alkyl halides is 2. The molecule has 1 atom stereocenters. The van der Waals surface area contributed by atoms with Crippen LogP contribution in [0.4, 0.5) is 5.69 Å². The van der Waals surface area contributed by atoms with Gasteiger partial charge in [0.1, 0.15) is 9.85 Å². The average molecular weight is 285 g/mol. The van der Waals surface area contributed by atoms with Crippen molar-refractivity contribution in [2.45, 2.75) is 17.7 Å². The van der Waals surface area contributed by atoms with E-state index in [2.05, 4.69) is 10.3 Å². The number of carbonyl (C=O) groups excluding carboxylic acids is 1. The maximum absolute atomic E-state index is 11.8. The monoisotopic (exact) mass is 284 g/mol. The molecule has 1 aliphatic rings. The van der Waals surface area contributed by atoms with E-state index < -0.39 is 4.33 Å². The number of carbonyl (C=O) groups is 1. The molecule has 18 heavy (non-hydrogen) atoms. The summed E-state index contributed by atoms with van der Waals surface area (Å²) >= 11 is 11.7. The standard InChI is InChI=1S/C12H10Cl2N2O2/c1-6-15-9-4-7(2-3-10(9)18-6)16-11(17)8-5-12(8,13)14/h2-4,8H,5H2,1H3,(H,16,17)/t8-/m0/s1. The quantitative estimate of drug-likeness (QED) is 0.861. The number of nitrogens with zero attached hydrogens (tertiary/aromatic N) is 1. The number of amides is 1. The molecule has 6 heteroatoms. The summed E-state index contributed by atoms with van der Waals surface area (Å²) in [7, 11) is 0. The lowest BCUT2D eigenvalue weighted by Crippen LogP contribution is -2.16. The highest BCUT2D eigenvalue weighted by atomic mass is 35.5. The fraction of sp³-hybridized carbons (Fsp3) is 0.333. The molecule has 0 aliphatic heterocycles. The Kier molecular flexibility index (Phi) is 2.54. The molecule has 0 radical (unpaired) electrons. The second-order valence-corrected chi connectivity index (χ2v) is 5.96. The summed E-state index contributed by atoms with van der Waals surface area (Å²) in [6, 6.07) is 5.29. The number of rotatable bonds is 2. The lowest BCUT2D eigenvalue weighted by atomic mass is 10.2. The Hall–Kier alpha value is -1.26. The van der Waals surface area contributed by atoms with Crippen LogP contribution in [0.3, 0.4) is 0 Å². The number of fused-ring (bicyclic) bond motifs is 1. The molecule has 0 spiro atoms. The van der Waals surface area contributed by atoms with Gasteiger partial charge in [-0.3, -0.25) is 4.79 Å². The van der Waals surface area contributed by atoms with Crippen molar-refractivity contribution in [1.82, 2.24) is 4.98 Å². The molecule has 2 aromatic rings. The molecule has 1 heterocycles. The molecule has 94 valence electrons. The predicted molar refractivity (Wildman–Crippen MR) is 69.9 cm³/mol. The van der Waals surface area contributed by atoms with E-state index in [4.69, 9.17) is 27.6 Å². The van der Waals surface area contributed by atoms with E-state index in [1.807, 2.05) is 0 Å². The maximum atomic E-state index is 11.8. The minimum absolute atomic E-state index is 0.167. The van der Waals surface area contributed by atoms with Gasteiger partial charge in [-0.25, -0.2) is 4.98 Å². The normalized spacial score (nSPS) is 20.9. The number of aromatic nitrogens is 1. The summed E-state index contributed by atoms with van der Waals surface area (Å²) in [4.78, 5) is 16.0. The van der Waals surface area contributed by atoms with E-state index >= 15 is 0 Å². The van der Waals surface area contributed by atoms with Crippen LogP contribution in [-0.4, -0.2) is 15.2 Å². The molecule has 3 rings (SSSR count). The largest absolute Gasteiger partial charge is 0.441 e. The summed E-state index contributed by atoms with van der Waals surface area (Å²) in [5, 5.41) is 2.77. The fourth-order valence-electron chi connectivity index (χ4n) is 1.85. The van der Waals surface area contributed by atoms with Gasteiger partial charge in [-0.1, -0.05) is 0 Å². The molecule has 1 saturated carbocycles. The maximum Gasteiger partial charge on any atom is 0.230 e. The molecule has 0 bridgehead atoms. The molecule has 4 nitrogen and oxygen atoms in total. The van der Waals surface area contributed by atoms with Gasteiger partial charge in [0.15, 0.2) is 11.5 Å². The van der Waals surface area contributed by atoms with Crippen LogP contribution < -0.4 is 5.32 Å². The molecule has 0 unspecified atom stereocenters. The van der Waals surface area contributed by atoms with Crippen molar-refractivity contribution in [2.24, 2.45) is 5.92 Å². The molecular weight excluding hydrogens is 275 g/mol. The van der Waals surface area contributed by atoms with E-state index in [0.717, 1.165) is 0 Å². The molecule has 0 saturated heterocycles. The van der Waals surface area contributed by atoms with Crippen molar-refractivity contribution in [3.05, 3.63) is 24.1 Å². The summed E-state index contributed by atoms with van der Waals surface area (Å²) in [6.45, 7) is 1.78. The van der Waals surface area contributed by atoms with Crippen LogP contribution in [-0.2, 0) is 4.79 Å². The summed E-state index contributed by atoms with van der Waals surface area (Å²) in [6.07, 6.45) is 0.493. The zero-order valence-electron chi connectivity index (χ0n) is 9.54. The lowest BCUT2D eigenvalue weighted by Gasteiger charge is -2.04. The Bertz CT molecular complexity index is 636. The number of benzene rings is 1. The van der Waals surface area contributed by atoms with Crippen LogP contribution in [0.15, 0.2) is 22.6 Å². The van der Waals surface area contributed by atoms with Gasteiger partial charge in [-0.05, 0) is 24.6 Å². The third kappa shape index (κ3) is 2.06. The van der Waals surface area contributed by atoms with Gasteiger partial charge in [0, 0.05) is 12.6 Å². The molecule has 1 aliphatic carbocycles. The van der Waals surface area contributed by atoms with E-state index in [1.54, 1.807) is 25.1 Å². The van der Waals surface area contributed by atoms with Crippen molar-refractivity contribution in [1.29, 1.82) is 0 Å². The average Bonchev–Trinajstić information content (AvgIpc) is 2.77. The second-order valence-electron chi connectivity index (χ2n) is 4.42. The zero-order valence-corrected chi connectivity index (χ0v) is 11.0. The van der Waals surface area contributed by atoms with Crippen molar-refractivity contribution < 1.29 is 9.21 Å². The third-order valence-electron chi connectivity index (χ3n) is 2.90. The van der Waals surface area contributed by atoms with E-state index in [0.29, 0.717) is 29.1 Å². The second kappa shape index (κ2) is 3.87. The van der Waals surface area contributed by atoms with Gasteiger partial charge < -0.3 is 9.73 Å². The van der Waals surface area contributed by atoms with Gasteiger partial charge in [0.05, 0.1) is 5.92 Å². The summed E-state index contributed by atoms with van der Waals surface area (Å²) < 4.78 is 4.45. The molecule has 1 aromatic carbocycles. The zero-order chi connectivity index (χ0) is 12.9. The Morgan fingerprint density at radius 2 is 2.28 bits per heavy atom. The molecule has 1 fully saturated rings. The Balaban J connectivity index is 1.80. The van der Waals surface area contributed by atoms with Crippen LogP contribution in [0, 0.1) is 12.8 Å². The predicted octanol–water partition coefficient (Wildman–Crippen LogP) is 3.27.